The van der Waals surface area contributed by atoms with E-state index < -0.39 is 0 Å². The van der Waals surface area contributed by atoms with Gasteiger partial charge in [0, 0.05) is 12.6 Å². The van der Waals surface area contributed by atoms with Crippen LogP contribution < -0.4 is 0 Å². The van der Waals surface area contributed by atoms with Crippen molar-refractivity contribution in [3.63, 3.8) is 0 Å². The highest BCUT2D eigenvalue weighted by Crippen LogP contribution is 2.31. The second-order valence-electron chi connectivity index (χ2n) is 4.05. The number of carbonyl (C=O) groups excluding carboxylic acids is 1. The van der Waals surface area contributed by atoms with Gasteiger partial charge < -0.3 is 10.0 Å². The standard InChI is InChI=1S/C12H13Cl2NO2/c13-10-3-1-2-9(11(10)14)12(17)15(6-7-16)8-4-5-8/h1-3,8,16H,4-7H2. The minimum absolute atomic E-state index is 0.0412. The maximum atomic E-state index is 12.3. The van der Waals surface area contributed by atoms with Crippen molar-refractivity contribution in [2.45, 2.75) is 18.9 Å². The lowest BCUT2D eigenvalue weighted by Crippen LogP contribution is -2.35. The van der Waals surface area contributed by atoms with E-state index in [2.05, 4.69) is 0 Å². The molecule has 0 radical (unpaired) electrons. The molecule has 0 bridgehead atoms. The van der Waals surface area contributed by atoms with Crippen LogP contribution in [0.5, 0.6) is 0 Å². The lowest BCUT2D eigenvalue weighted by atomic mass is 10.2. The molecule has 0 saturated heterocycles. The smallest absolute Gasteiger partial charge is 0.255 e. The van der Waals surface area contributed by atoms with Crippen LogP contribution in [0.25, 0.3) is 0 Å². The van der Waals surface area contributed by atoms with Gasteiger partial charge in [-0.05, 0) is 25.0 Å². The van der Waals surface area contributed by atoms with Gasteiger partial charge in [-0.25, -0.2) is 0 Å². The van der Waals surface area contributed by atoms with Crippen LogP contribution in [0.4, 0.5) is 0 Å². The molecule has 17 heavy (non-hydrogen) atoms. The van der Waals surface area contributed by atoms with Crippen LogP contribution >= 0.6 is 23.2 Å². The van der Waals surface area contributed by atoms with Crippen LogP contribution in [0.15, 0.2) is 18.2 Å². The normalized spacial score (nSPS) is 14.8. The molecule has 0 aromatic heterocycles. The predicted molar refractivity (Wildman–Crippen MR) is 67.6 cm³/mol. The van der Waals surface area contributed by atoms with Gasteiger partial charge in [0.15, 0.2) is 0 Å². The molecule has 3 nitrogen and oxygen atoms in total. The Morgan fingerprint density at radius 1 is 1.41 bits per heavy atom. The fourth-order valence-electron chi connectivity index (χ4n) is 1.77. The Morgan fingerprint density at radius 3 is 2.71 bits per heavy atom. The molecule has 0 atom stereocenters. The zero-order valence-corrected chi connectivity index (χ0v) is 10.7. The highest BCUT2D eigenvalue weighted by Gasteiger charge is 2.33. The minimum atomic E-state index is -0.158. The number of carbonyl (C=O) groups is 1. The van der Waals surface area contributed by atoms with Crippen molar-refractivity contribution in [3.05, 3.63) is 33.8 Å². The quantitative estimate of drug-likeness (QED) is 0.916. The van der Waals surface area contributed by atoms with Gasteiger partial charge in [0.2, 0.25) is 0 Å². The lowest BCUT2D eigenvalue weighted by molar-refractivity contribution is 0.0708. The highest BCUT2D eigenvalue weighted by atomic mass is 35.5. The van der Waals surface area contributed by atoms with Crippen LogP contribution in [-0.4, -0.2) is 35.1 Å². The molecule has 1 aliphatic carbocycles. The van der Waals surface area contributed by atoms with E-state index in [0.29, 0.717) is 17.1 Å². The first-order chi connectivity index (χ1) is 8.15. The Kier molecular flexibility index (Phi) is 3.92. The number of rotatable bonds is 4. The summed E-state index contributed by atoms with van der Waals surface area (Å²) < 4.78 is 0. The summed E-state index contributed by atoms with van der Waals surface area (Å²) in [5.74, 6) is -0.158. The zero-order chi connectivity index (χ0) is 12.4. The van der Waals surface area contributed by atoms with Crippen LogP contribution in [0, 0.1) is 0 Å². The number of amides is 1. The van der Waals surface area contributed by atoms with E-state index >= 15 is 0 Å². The van der Waals surface area contributed by atoms with Crippen molar-refractivity contribution in [1.29, 1.82) is 0 Å². The molecule has 5 heteroatoms. The Morgan fingerprint density at radius 2 is 2.12 bits per heavy atom. The molecular weight excluding hydrogens is 261 g/mol. The molecule has 0 aliphatic heterocycles. The minimum Gasteiger partial charge on any atom is -0.395 e. The van der Waals surface area contributed by atoms with Crippen LogP contribution in [0.2, 0.25) is 10.0 Å². The number of hydrogen-bond acceptors (Lipinski definition) is 2. The second-order valence-corrected chi connectivity index (χ2v) is 4.84. The molecule has 1 aromatic rings. The third-order valence-electron chi connectivity index (χ3n) is 2.77. The summed E-state index contributed by atoms with van der Waals surface area (Å²) >= 11 is 11.9. The maximum absolute atomic E-state index is 12.3. The first kappa shape index (κ1) is 12.7. The summed E-state index contributed by atoms with van der Waals surface area (Å²) in [6.45, 7) is 0.298. The van der Waals surface area contributed by atoms with Gasteiger partial charge in [0.05, 0.1) is 22.2 Å². The van der Waals surface area contributed by atoms with E-state index in [1.165, 1.54) is 0 Å². The van der Waals surface area contributed by atoms with Gasteiger partial charge in [-0.2, -0.15) is 0 Å². The van der Waals surface area contributed by atoms with Crippen LogP contribution in [0.3, 0.4) is 0 Å². The molecule has 0 unspecified atom stereocenters. The van der Waals surface area contributed by atoms with Crippen molar-refractivity contribution in [2.75, 3.05) is 13.2 Å². The summed E-state index contributed by atoms with van der Waals surface area (Å²) in [7, 11) is 0. The number of halogens is 2. The van der Waals surface area contributed by atoms with Crippen molar-refractivity contribution < 1.29 is 9.90 Å². The number of benzene rings is 1. The summed E-state index contributed by atoms with van der Waals surface area (Å²) in [6.07, 6.45) is 1.98. The number of aliphatic hydroxyl groups excluding tert-OH is 1. The third-order valence-corrected chi connectivity index (χ3v) is 3.59. The monoisotopic (exact) mass is 273 g/mol. The number of hydrogen-bond donors (Lipinski definition) is 1. The molecule has 1 N–H and O–H groups in total. The Bertz CT molecular complexity index is 433. The fourth-order valence-corrected chi connectivity index (χ4v) is 2.15. The van der Waals surface area contributed by atoms with Crippen molar-refractivity contribution in [1.82, 2.24) is 4.90 Å². The molecule has 0 heterocycles. The third kappa shape index (κ3) is 2.73. The molecule has 2 rings (SSSR count). The average molecular weight is 274 g/mol. The first-order valence-electron chi connectivity index (χ1n) is 5.51. The topological polar surface area (TPSA) is 40.5 Å². The van der Waals surface area contributed by atoms with E-state index in [1.807, 2.05) is 0 Å². The van der Waals surface area contributed by atoms with Gasteiger partial charge in [0.1, 0.15) is 0 Å². The predicted octanol–water partition coefficient (Wildman–Crippen LogP) is 2.59. The van der Waals surface area contributed by atoms with Crippen molar-refractivity contribution >= 4 is 29.1 Å². The van der Waals surface area contributed by atoms with Crippen molar-refractivity contribution in [3.8, 4) is 0 Å². The van der Waals surface area contributed by atoms with E-state index in [1.54, 1.807) is 23.1 Å². The summed E-state index contributed by atoms with van der Waals surface area (Å²) in [4.78, 5) is 13.9. The molecule has 1 aliphatic rings. The SMILES string of the molecule is O=C(c1cccc(Cl)c1Cl)N(CCO)C1CC1. The largest absolute Gasteiger partial charge is 0.395 e. The van der Waals surface area contributed by atoms with Crippen LogP contribution in [0.1, 0.15) is 23.2 Å². The fraction of sp³-hybridized carbons (Fsp3) is 0.417. The van der Waals surface area contributed by atoms with Crippen molar-refractivity contribution in [2.24, 2.45) is 0 Å². The molecule has 1 fully saturated rings. The van der Waals surface area contributed by atoms with E-state index in [4.69, 9.17) is 28.3 Å². The molecule has 92 valence electrons. The molecule has 1 aromatic carbocycles. The molecule has 1 amide bonds. The second kappa shape index (κ2) is 5.25. The zero-order valence-electron chi connectivity index (χ0n) is 9.20. The van der Waals surface area contributed by atoms with E-state index in [9.17, 15) is 4.79 Å². The number of nitrogens with zero attached hydrogens (tertiary/aromatic N) is 1. The Labute approximate surface area is 110 Å². The van der Waals surface area contributed by atoms with Gasteiger partial charge in [-0.3, -0.25) is 4.79 Å². The van der Waals surface area contributed by atoms with E-state index in [-0.39, 0.29) is 23.6 Å². The summed E-state index contributed by atoms with van der Waals surface area (Å²) in [5, 5.41) is 9.63. The molecular formula is C12H13Cl2NO2. The average Bonchev–Trinajstić information content (AvgIpc) is 3.13. The lowest BCUT2D eigenvalue weighted by Gasteiger charge is -2.22. The summed E-state index contributed by atoms with van der Waals surface area (Å²) in [5.41, 5.74) is 0.402. The first-order valence-corrected chi connectivity index (χ1v) is 6.26. The number of aliphatic hydroxyl groups is 1. The Hall–Kier alpha value is -0.770. The molecule has 1 saturated carbocycles. The maximum Gasteiger partial charge on any atom is 0.255 e. The van der Waals surface area contributed by atoms with Gasteiger partial charge >= 0.3 is 0 Å². The van der Waals surface area contributed by atoms with Gasteiger partial charge in [-0.15, -0.1) is 0 Å². The van der Waals surface area contributed by atoms with E-state index in [0.717, 1.165) is 12.8 Å². The molecule has 0 spiro atoms. The van der Waals surface area contributed by atoms with Gasteiger partial charge in [0.25, 0.3) is 5.91 Å². The Balaban J connectivity index is 2.25. The van der Waals surface area contributed by atoms with Gasteiger partial charge in [-0.1, -0.05) is 29.3 Å². The van der Waals surface area contributed by atoms with Crippen LogP contribution in [-0.2, 0) is 0 Å². The summed E-state index contributed by atoms with van der Waals surface area (Å²) in [6, 6.07) is 5.24. The highest BCUT2D eigenvalue weighted by molar-refractivity contribution is 6.43.